The molecular formula is C16H10Cl2F3N5. The van der Waals surface area contributed by atoms with Crippen LogP contribution in [0, 0.1) is 0 Å². The van der Waals surface area contributed by atoms with Crippen molar-refractivity contribution < 1.29 is 13.2 Å². The summed E-state index contributed by atoms with van der Waals surface area (Å²) in [5, 5.41) is 11.5. The lowest BCUT2D eigenvalue weighted by Crippen LogP contribution is -2.11. The molecule has 4 aromatic rings. The monoisotopic (exact) mass is 399 g/mol. The quantitative estimate of drug-likeness (QED) is 0.506. The van der Waals surface area contributed by atoms with E-state index in [1.54, 1.807) is 13.0 Å². The van der Waals surface area contributed by atoms with E-state index in [1.165, 1.54) is 12.3 Å². The van der Waals surface area contributed by atoms with Gasteiger partial charge in [-0.25, -0.2) is 9.50 Å². The molecule has 0 aliphatic carbocycles. The summed E-state index contributed by atoms with van der Waals surface area (Å²) in [5.41, 5.74) is -0.141. The molecule has 26 heavy (non-hydrogen) atoms. The van der Waals surface area contributed by atoms with Crippen LogP contribution in [0.1, 0.15) is 18.3 Å². The maximum absolute atomic E-state index is 13.7. The summed E-state index contributed by atoms with van der Waals surface area (Å²) in [6.07, 6.45) is -2.69. The SMILES string of the molecule is CCc1nc2c(Cl)cc(C(F)(F)F)c(-c3cc(Cl)c4[nH]ncc4c3)n2n1. The molecule has 0 radical (unpaired) electrons. The van der Waals surface area contributed by atoms with Gasteiger partial charge in [0.2, 0.25) is 0 Å². The van der Waals surface area contributed by atoms with Gasteiger partial charge in [-0.1, -0.05) is 30.1 Å². The third-order valence-corrected chi connectivity index (χ3v) is 4.57. The smallest absolute Gasteiger partial charge is 0.276 e. The first-order chi connectivity index (χ1) is 12.3. The minimum Gasteiger partial charge on any atom is -0.276 e. The molecule has 0 aliphatic rings. The van der Waals surface area contributed by atoms with Crippen LogP contribution in [-0.4, -0.2) is 24.8 Å². The molecule has 0 saturated heterocycles. The molecule has 5 nitrogen and oxygen atoms in total. The van der Waals surface area contributed by atoms with Crippen molar-refractivity contribution >= 4 is 39.8 Å². The molecule has 0 fully saturated rings. The van der Waals surface area contributed by atoms with E-state index in [-0.39, 0.29) is 26.9 Å². The van der Waals surface area contributed by atoms with E-state index >= 15 is 0 Å². The Morgan fingerprint density at radius 3 is 2.62 bits per heavy atom. The molecule has 1 N–H and O–H groups in total. The molecule has 134 valence electrons. The highest BCUT2D eigenvalue weighted by atomic mass is 35.5. The average molecular weight is 400 g/mol. The molecule has 0 aliphatic heterocycles. The zero-order valence-corrected chi connectivity index (χ0v) is 14.7. The Bertz CT molecular complexity index is 1150. The highest BCUT2D eigenvalue weighted by molar-refractivity contribution is 6.35. The molecular weight excluding hydrogens is 390 g/mol. The van der Waals surface area contributed by atoms with Crippen molar-refractivity contribution in [3.05, 3.63) is 45.8 Å². The lowest BCUT2D eigenvalue weighted by Gasteiger charge is -2.15. The topological polar surface area (TPSA) is 58.9 Å². The molecule has 4 rings (SSSR count). The summed E-state index contributed by atoms with van der Waals surface area (Å²) in [7, 11) is 0. The molecule has 0 amide bonds. The van der Waals surface area contributed by atoms with Crippen LogP contribution in [0.25, 0.3) is 27.8 Å². The number of benzene rings is 1. The standard InChI is InChI=1S/C16H10Cl2F3N5/c1-2-12-23-15-11(18)5-9(16(19,20)21)14(26(15)25-12)7-3-8-6-22-24-13(8)10(17)4-7/h3-6H,2H2,1H3,(H,22,24). The van der Waals surface area contributed by atoms with Crippen LogP contribution in [0.4, 0.5) is 13.2 Å². The molecule has 3 aromatic heterocycles. The van der Waals surface area contributed by atoms with Crippen molar-refractivity contribution in [1.29, 1.82) is 0 Å². The van der Waals surface area contributed by atoms with Crippen LogP contribution >= 0.6 is 23.2 Å². The minimum absolute atomic E-state index is 0.122. The Kier molecular flexibility index (Phi) is 3.85. The average Bonchev–Trinajstić information content (AvgIpc) is 3.20. The van der Waals surface area contributed by atoms with Gasteiger partial charge in [-0.05, 0) is 18.2 Å². The van der Waals surface area contributed by atoms with Crippen LogP contribution in [0.15, 0.2) is 24.4 Å². The van der Waals surface area contributed by atoms with Gasteiger partial charge in [-0.3, -0.25) is 5.10 Å². The van der Waals surface area contributed by atoms with Crippen molar-refractivity contribution in [2.45, 2.75) is 19.5 Å². The number of pyridine rings is 1. The predicted octanol–water partition coefficient (Wildman–Crippen LogP) is 5.16. The fourth-order valence-corrected chi connectivity index (χ4v) is 3.33. The molecule has 10 heteroatoms. The van der Waals surface area contributed by atoms with Crippen LogP contribution < -0.4 is 0 Å². The van der Waals surface area contributed by atoms with Gasteiger partial charge in [0.05, 0.1) is 33.0 Å². The van der Waals surface area contributed by atoms with Crippen molar-refractivity contribution in [1.82, 2.24) is 24.8 Å². The highest BCUT2D eigenvalue weighted by Gasteiger charge is 2.37. The third-order valence-electron chi connectivity index (χ3n) is 4.00. The van der Waals surface area contributed by atoms with Crippen LogP contribution in [0.3, 0.4) is 0 Å². The molecule has 0 spiro atoms. The molecule has 0 atom stereocenters. The van der Waals surface area contributed by atoms with E-state index in [9.17, 15) is 13.2 Å². The van der Waals surface area contributed by atoms with E-state index in [0.29, 0.717) is 23.1 Å². The lowest BCUT2D eigenvalue weighted by atomic mass is 10.0. The second kappa shape index (κ2) is 5.85. The van der Waals surface area contributed by atoms with Gasteiger partial charge in [0, 0.05) is 17.4 Å². The minimum atomic E-state index is -4.64. The number of rotatable bonds is 2. The number of aromatic amines is 1. The van der Waals surface area contributed by atoms with E-state index in [4.69, 9.17) is 23.2 Å². The van der Waals surface area contributed by atoms with Gasteiger partial charge in [-0.2, -0.15) is 23.4 Å². The normalized spacial score (nSPS) is 12.4. The summed E-state index contributed by atoms with van der Waals surface area (Å²) in [5.74, 6) is 0.392. The van der Waals surface area contributed by atoms with Crippen molar-refractivity contribution in [3.8, 4) is 11.3 Å². The fraction of sp³-hybridized carbons (Fsp3) is 0.188. The maximum Gasteiger partial charge on any atom is 0.418 e. The molecule has 0 saturated carbocycles. The Hall–Kier alpha value is -2.32. The Balaban J connectivity index is 2.14. The van der Waals surface area contributed by atoms with Crippen molar-refractivity contribution in [2.75, 3.05) is 0 Å². The predicted molar refractivity (Wildman–Crippen MR) is 92.5 cm³/mol. The Labute approximate surface area is 154 Å². The molecule has 0 bridgehead atoms. The van der Waals surface area contributed by atoms with Crippen molar-refractivity contribution in [3.63, 3.8) is 0 Å². The van der Waals surface area contributed by atoms with Gasteiger partial charge in [0.25, 0.3) is 0 Å². The summed E-state index contributed by atoms with van der Waals surface area (Å²) < 4.78 is 42.3. The highest BCUT2D eigenvalue weighted by Crippen LogP contribution is 2.41. The summed E-state index contributed by atoms with van der Waals surface area (Å²) in [6.45, 7) is 1.81. The Morgan fingerprint density at radius 2 is 1.92 bits per heavy atom. The van der Waals surface area contributed by atoms with Gasteiger partial charge < -0.3 is 0 Å². The first-order valence-corrected chi connectivity index (χ1v) is 8.33. The summed E-state index contributed by atoms with van der Waals surface area (Å²) >= 11 is 12.3. The van der Waals surface area contributed by atoms with Crippen LogP contribution in [0.5, 0.6) is 0 Å². The maximum atomic E-state index is 13.7. The number of aryl methyl sites for hydroxylation is 1. The number of hydrogen-bond donors (Lipinski definition) is 1. The first kappa shape index (κ1) is 17.1. The number of nitrogens with zero attached hydrogens (tertiary/aromatic N) is 4. The van der Waals surface area contributed by atoms with E-state index < -0.39 is 11.7 Å². The second-order valence-corrected chi connectivity index (χ2v) is 6.48. The van der Waals surface area contributed by atoms with Crippen LogP contribution in [0.2, 0.25) is 10.0 Å². The number of nitrogens with one attached hydrogen (secondary N) is 1. The van der Waals surface area contributed by atoms with E-state index in [2.05, 4.69) is 20.3 Å². The second-order valence-electron chi connectivity index (χ2n) is 5.66. The van der Waals surface area contributed by atoms with Gasteiger partial charge >= 0.3 is 6.18 Å². The summed E-state index contributed by atoms with van der Waals surface area (Å²) in [6, 6.07) is 3.87. The van der Waals surface area contributed by atoms with Gasteiger partial charge in [0.15, 0.2) is 11.5 Å². The van der Waals surface area contributed by atoms with Crippen molar-refractivity contribution in [2.24, 2.45) is 0 Å². The lowest BCUT2D eigenvalue weighted by molar-refractivity contribution is -0.137. The number of hydrogen-bond acceptors (Lipinski definition) is 3. The number of halogens is 5. The number of alkyl halides is 3. The number of H-pyrrole nitrogens is 1. The summed E-state index contributed by atoms with van der Waals surface area (Å²) in [4.78, 5) is 4.22. The fourth-order valence-electron chi connectivity index (χ4n) is 2.83. The van der Waals surface area contributed by atoms with Crippen LogP contribution in [-0.2, 0) is 12.6 Å². The van der Waals surface area contributed by atoms with Gasteiger partial charge in [0.1, 0.15) is 0 Å². The number of aromatic nitrogens is 5. The largest absolute Gasteiger partial charge is 0.418 e. The first-order valence-electron chi connectivity index (χ1n) is 7.58. The Morgan fingerprint density at radius 1 is 1.15 bits per heavy atom. The van der Waals surface area contributed by atoms with E-state index in [1.807, 2.05) is 0 Å². The zero-order chi connectivity index (χ0) is 18.6. The molecule has 1 aromatic carbocycles. The van der Waals surface area contributed by atoms with Gasteiger partial charge in [-0.15, -0.1) is 0 Å². The molecule has 3 heterocycles. The zero-order valence-electron chi connectivity index (χ0n) is 13.2. The van der Waals surface area contributed by atoms with E-state index in [0.717, 1.165) is 10.6 Å². The third kappa shape index (κ3) is 2.60. The molecule has 0 unspecified atom stereocenters. The number of fused-ring (bicyclic) bond motifs is 2.